The molecule has 0 aliphatic carbocycles. The summed E-state index contributed by atoms with van der Waals surface area (Å²) in [5.41, 5.74) is 1.72. The van der Waals surface area contributed by atoms with E-state index in [4.69, 9.17) is 11.6 Å². The van der Waals surface area contributed by atoms with Crippen molar-refractivity contribution in [2.24, 2.45) is 0 Å². The summed E-state index contributed by atoms with van der Waals surface area (Å²) in [5, 5.41) is 9.00. The second kappa shape index (κ2) is 8.31. The molecule has 2 amide bonds. The van der Waals surface area contributed by atoms with Crippen LogP contribution in [0.25, 0.3) is 0 Å². The van der Waals surface area contributed by atoms with Gasteiger partial charge < -0.3 is 16.0 Å². The van der Waals surface area contributed by atoms with Gasteiger partial charge in [0.1, 0.15) is 11.6 Å². The van der Waals surface area contributed by atoms with Crippen molar-refractivity contribution in [3.8, 4) is 0 Å². The summed E-state index contributed by atoms with van der Waals surface area (Å²) >= 11 is 5.80. The number of nitrogens with zero attached hydrogens (tertiary/aromatic N) is 1. The van der Waals surface area contributed by atoms with Gasteiger partial charge in [0.2, 0.25) is 0 Å². The molecule has 0 saturated carbocycles. The molecular formula is C19H16ClFN4O. The van der Waals surface area contributed by atoms with Gasteiger partial charge in [-0.05, 0) is 42.5 Å². The van der Waals surface area contributed by atoms with Crippen LogP contribution in [0.1, 0.15) is 5.56 Å². The van der Waals surface area contributed by atoms with Crippen LogP contribution in [-0.2, 0) is 6.54 Å². The lowest BCUT2D eigenvalue weighted by Gasteiger charge is -2.09. The highest BCUT2D eigenvalue weighted by Crippen LogP contribution is 2.15. The van der Waals surface area contributed by atoms with E-state index in [-0.39, 0.29) is 11.8 Å². The zero-order chi connectivity index (χ0) is 18.4. The number of nitrogens with one attached hydrogen (secondary N) is 3. The fourth-order valence-electron chi connectivity index (χ4n) is 2.23. The monoisotopic (exact) mass is 370 g/mol. The molecule has 0 saturated heterocycles. The highest BCUT2D eigenvalue weighted by molar-refractivity contribution is 6.30. The summed E-state index contributed by atoms with van der Waals surface area (Å²) in [6, 6.07) is 16.4. The molecule has 0 aliphatic heterocycles. The number of hydrogen-bond acceptors (Lipinski definition) is 3. The Bertz CT molecular complexity index is 885. The second-order valence-electron chi connectivity index (χ2n) is 5.46. The van der Waals surface area contributed by atoms with Crippen molar-refractivity contribution in [2.75, 3.05) is 16.0 Å². The Hall–Kier alpha value is -3.12. The quantitative estimate of drug-likeness (QED) is 0.583. The normalized spacial score (nSPS) is 10.2. The molecule has 26 heavy (non-hydrogen) atoms. The number of rotatable bonds is 5. The Morgan fingerprint density at radius 3 is 2.35 bits per heavy atom. The molecule has 1 aromatic heterocycles. The van der Waals surface area contributed by atoms with Crippen LogP contribution in [0, 0.1) is 5.82 Å². The predicted octanol–water partition coefficient (Wildman–Crippen LogP) is 5.13. The molecule has 0 fully saturated rings. The van der Waals surface area contributed by atoms with E-state index in [2.05, 4.69) is 20.9 Å². The van der Waals surface area contributed by atoms with Crippen LogP contribution in [0.2, 0.25) is 5.02 Å². The van der Waals surface area contributed by atoms with E-state index in [1.165, 1.54) is 12.3 Å². The number of hydrogen-bond donors (Lipinski definition) is 3. The summed E-state index contributed by atoms with van der Waals surface area (Å²) < 4.78 is 13.6. The summed E-state index contributed by atoms with van der Waals surface area (Å²) in [4.78, 5) is 16.2. The van der Waals surface area contributed by atoms with Crippen LogP contribution in [0.5, 0.6) is 0 Å². The third-order valence-electron chi connectivity index (χ3n) is 3.54. The minimum atomic E-state index is -0.388. The Balaban J connectivity index is 1.53. The Morgan fingerprint density at radius 2 is 1.65 bits per heavy atom. The first kappa shape index (κ1) is 17.7. The molecule has 132 valence electrons. The van der Waals surface area contributed by atoms with E-state index < -0.39 is 0 Å². The Labute approximate surface area is 155 Å². The van der Waals surface area contributed by atoms with Gasteiger partial charge in [-0.1, -0.05) is 29.8 Å². The maximum Gasteiger partial charge on any atom is 0.323 e. The van der Waals surface area contributed by atoms with Crippen molar-refractivity contribution < 1.29 is 9.18 Å². The molecule has 0 bridgehead atoms. The van der Waals surface area contributed by atoms with Gasteiger partial charge in [-0.2, -0.15) is 0 Å². The Morgan fingerprint density at radius 1 is 0.962 bits per heavy atom. The zero-order valence-corrected chi connectivity index (χ0v) is 14.4. The average molecular weight is 371 g/mol. The molecule has 1 heterocycles. The van der Waals surface area contributed by atoms with E-state index >= 15 is 0 Å². The van der Waals surface area contributed by atoms with Gasteiger partial charge in [-0.3, -0.25) is 0 Å². The van der Waals surface area contributed by atoms with E-state index in [9.17, 15) is 9.18 Å². The molecular weight excluding hydrogens is 355 g/mol. The van der Waals surface area contributed by atoms with Crippen LogP contribution in [0.15, 0.2) is 66.9 Å². The predicted molar refractivity (Wildman–Crippen MR) is 102 cm³/mol. The van der Waals surface area contributed by atoms with Gasteiger partial charge in [0.15, 0.2) is 0 Å². The van der Waals surface area contributed by atoms with Crippen molar-refractivity contribution in [3.05, 3.63) is 83.3 Å². The molecule has 0 spiro atoms. The number of amides is 2. The number of aromatic nitrogens is 1. The van der Waals surface area contributed by atoms with E-state index in [0.29, 0.717) is 34.3 Å². The fourth-order valence-corrected chi connectivity index (χ4v) is 2.35. The molecule has 0 unspecified atom stereocenters. The summed E-state index contributed by atoms with van der Waals surface area (Å²) in [6.07, 6.45) is 1.52. The van der Waals surface area contributed by atoms with Gasteiger partial charge in [0.25, 0.3) is 0 Å². The molecule has 3 rings (SSSR count). The standard InChI is InChI=1S/C19H16ClFN4O/c20-14-5-7-15(8-6-14)24-19(26)25-16-9-10-18(23-12-16)22-11-13-3-1-2-4-17(13)21/h1-10,12H,11H2,(H,22,23)(H2,24,25,26). The van der Waals surface area contributed by atoms with E-state index in [0.717, 1.165) is 0 Å². The maximum atomic E-state index is 13.6. The molecule has 3 aromatic rings. The lowest BCUT2D eigenvalue weighted by Crippen LogP contribution is -2.19. The topological polar surface area (TPSA) is 66.1 Å². The highest BCUT2D eigenvalue weighted by Gasteiger charge is 2.04. The van der Waals surface area contributed by atoms with Crippen molar-refractivity contribution in [1.29, 1.82) is 0 Å². The lowest BCUT2D eigenvalue weighted by atomic mass is 10.2. The van der Waals surface area contributed by atoms with Crippen LogP contribution >= 0.6 is 11.6 Å². The molecule has 2 aromatic carbocycles. The summed E-state index contributed by atoms with van der Waals surface area (Å²) in [7, 11) is 0. The van der Waals surface area contributed by atoms with Gasteiger partial charge in [0, 0.05) is 22.8 Å². The van der Waals surface area contributed by atoms with Gasteiger partial charge in [0.05, 0.1) is 11.9 Å². The minimum Gasteiger partial charge on any atom is -0.366 e. The molecule has 0 atom stereocenters. The SMILES string of the molecule is O=C(Nc1ccc(Cl)cc1)Nc1ccc(NCc2ccccc2F)nc1. The average Bonchev–Trinajstić information content (AvgIpc) is 2.64. The maximum absolute atomic E-state index is 13.6. The molecule has 3 N–H and O–H groups in total. The summed E-state index contributed by atoms with van der Waals surface area (Å²) in [6.45, 7) is 0.323. The second-order valence-corrected chi connectivity index (χ2v) is 5.90. The van der Waals surface area contributed by atoms with E-state index in [1.807, 2.05) is 0 Å². The number of pyridine rings is 1. The van der Waals surface area contributed by atoms with Crippen molar-refractivity contribution in [3.63, 3.8) is 0 Å². The number of anilines is 3. The molecule has 7 heteroatoms. The molecule has 0 aliphatic rings. The van der Waals surface area contributed by atoms with Gasteiger partial charge in [-0.15, -0.1) is 0 Å². The first-order valence-electron chi connectivity index (χ1n) is 7.87. The first-order chi connectivity index (χ1) is 12.6. The lowest BCUT2D eigenvalue weighted by molar-refractivity contribution is 0.262. The number of halogens is 2. The minimum absolute atomic E-state index is 0.267. The largest absolute Gasteiger partial charge is 0.366 e. The highest BCUT2D eigenvalue weighted by atomic mass is 35.5. The van der Waals surface area contributed by atoms with Crippen molar-refractivity contribution >= 4 is 34.8 Å². The number of carbonyl (C=O) groups is 1. The van der Waals surface area contributed by atoms with Gasteiger partial charge in [-0.25, -0.2) is 14.2 Å². The van der Waals surface area contributed by atoms with Crippen LogP contribution in [0.4, 0.5) is 26.4 Å². The number of carbonyl (C=O) groups excluding carboxylic acids is 1. The fraction of sp³-hybridized carbons (Fsp3) is 0.0526. The van der Waals surface area contributed by atoms with Gasteiger partial charge >= 0.3 is 6.03 Å². The summed E-state index contributed by atoms with van der Waals surface area (Å²) in [5.74, 6) is 0.314. The third-order valence-corrected chi connectivity index (χ3v) is 3.79. The zero-order valence-electron chi connectivity index (χ0n) is 13.7. The first-order valence-corrected chi connectivity index (χ1v) is 8.25. The number of urea groups is 1. The van der Waals surface area contributed by atoms with E-state index in [1.54, 1.807) is 54.6 Å². The number of benzene rings is 2. The third kappa shape index (κ3) is 4.94. The van der Waals surface area contributed by atoms with Crippen LogP contribution < -0.4 is 16.0 Å². The Kier molecular flexibility index (Phi) is 5.66. The van der Waals surface area contributed by atoms with Crippen LogP contribution in [-0.4, -0.2) is 11.0 Å². The van der Waals surface area contributed by atoms with Crippen molar-refractivity contribution in [2.45, 2.75) is 6.54 Å². The molecule has 0 radical (unpaired) electrons. The van der Waals surface area contributed by atoms with Crippen molar-refractivity contribution in [1.82, 2.24) is 4.98 Å². The molecule has 5 nitrogen and oxygen atoms in total. The smallest absolute Gasteiger partial charge is 0.323 e. The van der Waals surface area contributed by atoms with Crippen LogP contribution in [0.3, 0.4) is 0 Å².